The van der Waals surface area contributed by atoms with Gasteiger partial charge in [0.1, 0.15) is 11.9 Å². The number of carbonyl (C=O) groups is 1. The van der Waals surface area contributed by atoms with Crippen LogP contribution in [-0.4, -0.2) is 12.0 Å². The Balaban J connectivity index is 2.78. The molecule has 0 unspecified atom stereocenters. The molecule has 3 nitrogen and oxygen atoms in total. The van der Waals surface area contributed by atoms with Crippen LogP contribution in [0, 0.1) is 5.82 Å². The highest BCUT2D eigenvalue weighted by Crippen LogP contribution is 2.17. The van der Waals surface area contributed by atoms with Gasteiger partial charge in [0.15, 0.2) is 0 Å². The Bertz CT molecular complexity index is 357. The van der Waals surface area contributed by atoms with Crippen LogP contribution in [-0.2, 0) is 11.2 Å². The fourth-order valence-corrected chi connectivity index (χ4v) is 1.46. The lowest BCUT2D eigenvalue weighted by atomic mass is 10.1. The topological polar surface area (TPSA) is 67.8 Å². The summed E-state index contributed by atoms with van der Waals surface area (Å²) in [7, 11) is 0. The zero-order valence-electron chi connectivity index (χ0n) is 7.30. The fourth-order valence-electron chi connectivity index (χ4n) is 1.03. The van der Waals surface area contributed by atoms with Gasteiger partial charge in [0.05, 0.1) is 10.4 Å². The predicted octanol–water partition coefficient (Wildman–Crippen LogP) is -0.509. The zero-order chi connectivity index (χ0) is 10.7. The molecule has 76 valence electrons. The molecule has 0 spiro atoms. The number of carboxylic acid groups (broad SMARTS) is 1. The van der Waals surface area contributed by atoms with E-state index in [2.05, 4.69) is 21.7 Å². The standard InChI is InChI=1S/C9H9BrFNO2/c10-6-3-5(1-2-7(6)11)4-8(12)9(13)14/h1-3,8H,4,12H2,(H,13,14)/t8-/m0/s1. The van der Waals surface area contributed by atoms with Crippen molar-refractivity contribution in [3.8, 4) is 0 Å². The van der Waals surface area contributed by atoms with E-state index in [0.717, 1.165) is 0 Å². The van der Waals surface area contributed by atoms with Gasteiger partial charge in [-0.3, -0.25) is 0 Å². The minimum absolute atomic E-state index is 0.237. The summed E-state index contributed by atoms with van der Waals surface area (Å²) in [4.78, 5) is 10.4. The summed E-state index contributed by atoms with van der Waals surface area (Å²) >= 11 is 3.01. The van der Waals surface area contributed by atoms with Gasteiger partial charge in [-0.1, -0.05) is 6.07 Å². The molecule has 0 aliphatic carbocycles. The van der Waals surface area contributed by atoms with E-state index in [4.69, 9.17) is 0 Å². The average molecular weight is 262 g/mol. The lowest BCUT2D eigenvalue weighted by Gasteiger charge is -2.09. The van der Waals surface area contributed by atoms with Crippen LogP contribution in [0.25, 0.3) is 0 Å². The van der Waals surface area contributed by atoms with Crippen molar-refractivity contribution in [1.82, 2.24) is 0 Å². The van der Waals surface area contributed by atoms with Crippen molar-refractivity contribution < 1.29 is 20.0 Å². The molecular weight excluding hydrogens is 253 g/mol. The molecule has 0 aliphatic heterocycles. The monoisotopic (exact) mass is 261 g/mol. The van der Waals surface area contributed by atoms with Gasteiger partial charge in [0.25, 0.3) is 0 Å². The summed E-state index contributed by atoms with van der Waals surface area (Å²) < 4.78 is 13.1. The van der Waals surface area contributed by atoms with Crippen LogP contribution < -0.4 is 10.8 Å². The third kappa shape index (κ3) is 2.78. The molecule has 1 atom stereocenters. The minimum Gasteiger partial charge on any atom is -0.544 e. The van der Waals surface area contributed by atoms with Crippen LogP contribution in [0.15, 0.2) is 22.7 Å². The number of benzene rings is 1. The van der Waals surface area contributed by atoms with Crippen molar-refractivity contribution in [1.29, 1.82) is 0 Å². The smallest absolute Gasteiger partial charge is 0.137 e. The third-order valence-corrected chi connectivity index (χ3v) is 2.41. The Morgan fingerprint density at radius 2 is 2.29 bits per heavy atom. The molecule has 14 heavy (non-hydrogen) atoms. The third-order valence-electron chi connectivity index (χ3n) is 1.80. The predicted molar refractivity (Wildman–Crippen MR) is 49.5 cm³/mol. The molecule has 0 saturated carbocycles. The van der Waals surface area contributed by atoms with Crippen LogP contribution in [0.2, 0.25) is 0 Å². The van der Waals surface area contributed by atoms with Gasteiger partial charge in [-0.25, -0.2) is 4.39 Å². The molecule has 1 rings (SSSR count). The molecule has 0 heterocycles. The Hall–Kier alpha value is -0.940. The van der Waals surface area contributed by atoms with Crippen molar-refractivity contribution >= 4 is 21.9 Å². The second kappa shape index (κ2) is 4.52. The molecule has 0 aromatic heterocycles. The molecule has 5 heteroatoms. The lowest BCUT2D eigenvalue weighted by molar-refractivity contribution is -0.437. The van der Waals surface area contributed by atoms with Gasteiger partial charge in [-0.15, -0.1) is 0 Å². The van der Waals surface area contributed by atoms with Gasteiger partial charge in [-0.05, 0) is 33.6 Å². The maximum atomic E-state index is 12.8. The van der Waals surface area contributed by atoms with Gasteiger partial charge in [-0.2, -0.15) is 0 Å². The number of aliphatic carboxylic acids is 1. The minimum atomic E-state index is -1.20. The van der Waals surface area contributed by atoms with E-state index in [9.17, 15) is 14.3 Å². The Morgan fingerprint density at radius 1 is 1.64 bits per heavy atom. The SMILES string of the molecule is [NH3+][C@@H](Cc1ccc(F)c(Br)c1)C(=O)[O-]. The first-order valence-corrected chi connectivity index (χ1v) is 4.78. The molecule has 0 radical (unpaired) electrons. The second-order valence-corrected chi connectivity index (χ2v) is 3.82. The van der Waals surface area contributed by atoms with Gasteiger partial charge < -0.3 is 15.6 Å². The molecule has 1 aromatic carbocycles. The van der Waals surface area contributed by atoms with Crippen LogP contribution in [0.4, 0.5) is 4.39 Å². The zero-order valence-corrected chi connectivity index (χ0v) is 8.88. The van der Waals surface area contributed by atoms with Crippen LogP contribution in [0.3, 0.4) is 0 Å². The van der Waals surface area contributed by atoms with E-state index in [-0.39, 0.29) is 12.2 Å². The van der Waals surface area contributed by atoms with E-state index < -0.39 is 12.0 Å². The van der Waals surface area contributed by atoms with Crippen molar-refractivity contribution in [2.75, 3.05) is 0 Å². The molecule has 3 N–H and O–H groups in total. The van der Waals surface area contributed by atoms with E-state index in [0.29, 0.717) is 10.0 Å². The van der Waals surface area contributed by atoms with Crippen LogP contribution in [0.5, 0.6) is 0 Å². The number of quaternary nitrogens is 1. The quantitative estimate of drug-likeness (QED) is 0.797. The van der Waals surface area contributed by atoms with E-state index >= 15 is 0 Å². The van der Waals surface area contributed by atoms with Crippen LogP contribution in [0.1, 0.15) is 5.56 Å². The molecule has 0 fully saturated rings. The van der Waals surface area contributed by atoms with Crippen molar-refractivity contribution in [2.24, 2.45) is 0 Å². The number of hydrogen-bond donors (Lipinski definition) is 1. The second-order valence-electron chi connectivity index (χ2n) is 2.97. The lowest BCUT2D eigenvalue weighted by Crippen LogP contribution is -2.69. The fraction of sp³-hybridized carbons (Fsp3) is 0.222. The highest BCUT2D eigenvalue weighted by molar-refractivity contribution is 9.10. The molecule has 0 saturated heterocycles. The summed E-state index contributed by atoms with van der Waals surface area (Å²) in [5.74, 6) is -1.58. The number of carboxylic acids is 1. The summed E-state index contributed by atoms with van der Waals surface area (Å²) in [6, 6.07) is 3.53. The van der Waals surface area contributed by atoms with Crippen molar-refractivity contribution in [3.63, 3.8) is 0 Å². The summed E-state index contributed by atoms with van der Waals surface area (Å²) in [5.41, 5.74) is 4.12. The highest BCUT2D eigenvalue weighted by atomic mass is 79.9. The van der Waals surface area contributed by atoms with Gasteiger partial charge in [0, 0.05) is 6.42 Å². The van der Waals surface area contributed by atoms with E-state index in [1.54, 1.807) is 0 Å². The molecular formula is C9H9BrFNO2. The Morgan fingerprint density at radius 3 is 2.79 bits per heavy atom. The molecule has 0 aliphatic rings. The average Bonchev–Trinajstić information content (AvgIpc) is 2.11. The van der Waals surface area contributed by atoms with Gasteiger partial charge in [0.2, 0.25) is 0 Å². The molecule has 0 bridgehead atoms. The number of halogens is 2. The largest absolute Gasteiger partial charge is 0.544 e. The Labute approximate surface area is 88.9 Å². The van der Waals surface area contributed by atoms with Crippen molar-refractivity contribution in [2.45, 2.75) is 12.5 Å². The maximum Gasteiger partial charge on any atom is 0.137 e. The highest BCUT2D eigenvalue weighted by Gasteiger charge is 2.09. The maximum absolute atomic E-state index is 12.8. The van der Waals surface area contributed by atoms with E-state index in [1.807, 2.05) is 0 Å². The van der Waals surface area contributed by atoms with Crippen molar-refractivity contribution in [3.05, 3.63) is 34.1 Å². The first kappa shape index (κ1) is 11.1. The number of carbonyl (C=O) groups excluding carboxylic acids is 1. The first-order valence-electron chi connectivity index (χ1n) is 3.98. The van der Waals surface area contributed by atoms with Gasteiger partial charge >= 0.3 is 0 Å². The summed E-state index contributed by atoms with van der Waals surface area (Å²) in [6.45, 7) is 0. The van der Waals surface area contributed by atoms with Crippen LogP contribution >= 0.6 is 15.9 Å². The number of hydrogen-bond acceptors (Lipinski definition) is 2. The summed E-state index contributed by atoms with van der Waals surface area (Å²) in [6.07, 6.45) is 0.237. The number of rotatable bonds is 3. The normalized spacial score (nSPS) is 12.5. The molecule has 0 amide bonds. The summed E-state index contributed by atoms with van der Waals surface area (Å²) in [5, 5.41) is 10.4. The Kier molecular flexibility index (Phi) is 3.60. The van der Waals surface area contributed by atoms with E-state index in [1.165, 1.54) is 18.2 Å². The molecule has 1 aromatic rings. The first-order chi connectivity index (χ1) is 6.50.